The van der Waals surface area contributed by atoms with Crippen LogP contribution in [-0.2, 0) is 11.8 Å². The zero-order valence-corrected chi connectivity index (χ0v) is 20.6. The number of allylic oxidation sites excluding steroid dienone is 1. The molecule has 2 aromatic carbocycles. The third-order valence-electron chi connectivity index (χ3n) is 7.29. The summed E-state index contributed by atoms with van der Waals surface area (Å²) in [5, 5.41) is 0.956. The van der Waals surface area contributed by atoms with Gasteiger partial charge in [0.25, 0.3) is 0 Å². The van der Waals surface area contributed by atoms with Crippen LogP contribution in [0.25, 0.3) is 21.0 Å². The number of thiazole rings is 1. The summed E-state index contributed by atoms with van der Waals surface area (Å²) in [6.07, 6.45) is 12.5. The van der Waals surface area contributed by atoms with Crippen LogP contribution in [0.4, 0.5) is 0 Å². The number of nitrogens with zero attached hydrogens (tertiary/aromatic N) is 1. The number of aryl methyl sites for hydroxylation is 1. The summed E-state index contributed by atoms with van der Waals surface area (Å²) in [4.78, 5) is 17.2. The molecule has 0 saturated heterocycles. The summed E-state index contributed by atoms with van der Waals surface area (Å²) in [7, 11) is 0. The van der Waals surface area contributed by atoms with Gasteiger partial charge in [0.1, 0.15) is 5.01 Å². The third kappa shape index (κ3) is 4.81. The van der Waals surface area contributed by atoms with Crippen molar-refractivity contribution in [2.24, 2.45) is 11.7 Å². The molecule has 1 heterocycles. The zero-order chi connectivity index (χ0) is 23.4. The van der Waals surface area contributed by atoms with Crippen LogP contribution < -0.4 is 5.73 Å². The number of benzene rings is 2. The van der Waals surface area contributed by atoms with Crippen LogP contribution in [0.2, 0.25) is 0 Å². The topological polar surface area (TPSA) is 56.0 Å². The number of aromatic nitrogens is 1. The summed E-state index contributed by atoms with van der Waals surface area (Å²) in [5.41, 5.74) is 11.5. The van der Waals surface area contributed by atoms with Crippen molar-refractivity contribution in [3.8, 4) is 21.0 Å². The first-order valence-corrected chi connectivity index (χ1v) is 12.9. The first-order chi connectivity index (χ1) is 16.0. The molecule has 0 spiro atoms. The zero-order valence-electron chi connectivity index (χ0n) is 19.8. The molecule has 4 heteroatoms. The van der Waals surface area contributed by atoms with E-state index in [4.69, 9.17) is 5.73 Å². The minimum atomic E-state index is -0.409. The number of nitrogens with two attached hydrogens (primary N) is 1. The molecule has 33 heavy (non-hydrogen) atoms. The first-order valence-electron chi connectivity index (χ1n) is 12.1. The van der Waals surface area contributed by atoms with Crippen molar-refractivity contribution in [1.82, 2.24) is 4.98 Å². The lowest BCUT2D eigenvalue weighted by Crippen LogP contribution is -2.23. The molecule has 172 valence electrons. The molecule has 1 aromatic heterocycles. The van der Waals surface area contributed by atoms with Gasteiger partial charge in [-0.25, -0.2) is 4.98 Å². The summed E-state index contributed by atoms with van der Waals surface area (Å²) < 4.78 is 0. The fourth-order valence-electron chi connectivity index (χ4n) is 5.46. The number of rotatable bonds is 9. The van der Waals surface area contributed by atoms with E-state index in [1.54, 1.807) is 29.0 Å². The van der Waals surface area contributed by atoms with Crippen LogP contribution in [0.5, 0.6) is 0 Å². The maximum atomic E-state index is 11.4. The van der Waals surface area contributed by atoms with Crippen molar-refractivity contribution in [3.05, 3.63) is 78.0 Å². The molecule has 2 N–H and O–H groups in total. The molecule has 0 radical (unpaired) electrons. The Morgan fingerprint density at radius 3 is 2.64 bits per heavy atom. The van der Waals surface area contributed by atoms with Crippen molar-refractivity contribution >= 4 is 17.2 Å². The standard InChI is InChI=1S/C29H34N2OS/c1-4-7-20-15-16-29(6-3,18-20)25-17-24(14-9-21(25)8-5-2)26-19-31-28(33-26)23-12-10-22(11-13-23)27(30)32/h4,9-14,17,19-20H,1,5-8,15-16,18H2,2-3H3,(H2,30,32). The minimum absolute atomic E-state index is 0.270. The van der Waals surface area contributed by atoms with E-state index in [0.29, 0.717) is 5.56 Å². The normalized spacial score (nSPS) is 20.1. The number of carbonyl (C=O) groups excluding carboxylic acids is 1. The number of hydrogen-bond donors (Lipinski definition) is 1. The van der Waals surface area contributed by atoms with Crippen molar-refractivity contribution in [2.45, 2.75) is 64.2 Å². The van der Waals surface area contributed by atoms with Gasteiger partial charge in [-0.3, -0.25) is 4.79 Å². The van der Waals surface area contributed by atoms with Gasteiger partial charge in [-0.15, -0.1) is 17.9 Å². The monoisotopic (exact) mass is 458 g/mol. The fraction of sp³-hybridized carbons (Fsp3) is 0.379. The fourth-order valence-corrected chi connectivity index (χ4v) is 6.38. The van der Waals surface area contributed by atoms with Crippen molar-refractivity contribution < 1.29 is 4.79 Å². The van der Waals surface area contributed by atoms with Crippen molar-refractivity contribution in [2.75, 3.05) is 0 Å². The lowest BCUT2D eigenvalue weighted by Gasteiger charge is -2.32. The summed E-state index contributed by atoms with van der Waals surface area (Å²) in [5.74, 6) is 0.340. The Hall–Kier alpha value is -2.72. The van der Waals surface area contributed by atoms with Gasteiger partial charge < -0.3 is 5.73 Å². The predicted molar refractivity (Wildman–Crippen MR) is 140 cm³/mol. The molecule has 2 unspecified atom stereocenters. The van der Waals surface area contributed by atoms with E-state index in [-0.39, 0.29) is 5.41 Å². The van der Waals surface area contributed by atoms with E-state index in [1.807, 2.05) is 18.3 Å². The van der Waals surface area contributed by atoms with E-state index in [2.05, 4.69) is 49.7 Å². The third-order valence-corrected chi connectivity index (χ3v) is 8.39. The lowest BCUT2D eigenvalue weighted by atomic mass is 9.73. The Labute approximate surface area is 201 Å². The van der Waals surface area contributed by atoms with Gasteiger partial charge in [-0.1, -0.05) is 50.6 Å². The molecule has 0 aliphatic heterocycles. The van der Waals surface area contributed by atoms with Crippen molar-refractivity contribution in [3.63, 3.8) is 0 Å². The van der Waals surface area contributed by atoms with Crippen LogP contribution >= 0.6 is 11.3 Å². The van der Waals surface area contributed by atoms with E-state index in [9.17, 15) is 4.79 Å². The predicted octanol–water partition coefficient (Wildman–Crippen LogP) is 7.55. The Balaban J connectivity index is 1.68. The van der Waals surface area contributed by atoms with E-state index < -0.39 is 5.91 Å². The Morgan fingerprint density at radius 1 is 1.21 bits per heavy atom. The Kier molecular flexibility index (Phi) is 7.14. The number of amides is 1. The molecule has 1 saturated carbocycles. The maximum absolute atomic E-state index is 11.4. The highest BCUT2D eigenvalue weighted by atomic mass is 32.1. The van der Waals surface area contributed by atoms with Gasteiger partial charge in [-0.2, -0.15) is 0 Å². The Bertz CT molecular complexity index is 1130. The highest BCUT2D eigenvalue weighted by Gasteiger charge is 2.39. The molecule has 0 bridgehead atoms. The second-order valence-corrected chi connectivity index (χ2v) is 10.4. The molecule has 2 atom stereocenters. The molecule has 3 aromatic rings. The second-order valence-electron chi connectivity index (χ2n) is 9.36. The SMILES string of the molecule is C=CCC1CCC(CC)(c2cc(-c3cnc(-c4ccc(C(N)=O)cc4)s3)ccc2CCC)C1. The average Bonchev–Trinajstić information content (AvgIpc) is 3.48. The highest BCUT2D eigenvalue weighted by Crippen LogP contribution is 2.50. The Morgan fingerprint density at radius 2 is 1.97 bits per heavy atom. The van der Waals surface area contributed by atoms with Crippen LogP contribution in [0.1, 0.15) is 73.9 Å². The quantitative estimate of drug-likeness (QED) is 0.336. The highest BCUT2D eigenvalue weighted by molar-refractivity contribution is 7.18. The number of primary amides is 1. The summed E-state index contributed by atoms with van der Waals surface area (Å²) in [6, 6.07) is 14.4. The smallest absolute Gasteiger partial charge is 0.248 e. The largest absolute Gasteiger partial charge is 0.366 e. The first kappa shape index (κ1) is 23.4. The number of carbonyl (C=O) groups is 1. The summed E-state index contributed by atoms with van der Waals surface area (Å²) >= 11 is 1.70. The molecule has 1 amide bonds. The summed E-state index contributed by atoms with van der Waals surface area (Å²) in [6.45, 7) is 8.61. The van der Waals surface area contributed by atoms with Gasteiger partial charge in [-0.05, 0) is 84.7 Å². The van der Waals surface area contributed by atoms with E-state index in [1.165, 1.54) is 41.7 Å². The van der Waals surface area contributed by atoms with Crippen LogP contribution in [0.3, 0.4) is 0 Å². The molecule has 1 aliphatic carbocycles. The molecule has 4 rings (SSSR count). The lowest BCUT2D eigenvalue weighted by molar-refractivity contribution is 0.100. The molecular formula is C29H34N2OS. The maximum Gasteiger partial charge on any atom is 0.248 e. The molecule has 3 nitrogen and oxygen atoms in total. The minimum Gasteiger partial charge on any atom is -0.366 e. The molecule has 1 aliphatic rings. The van der Waals surface area contributed by atoms with E-state index in [0.717, 1.165) is 35.8 Å². The van der Waals surface area contributed by atoms with Crippen LogP contribution in [-0.4, -0.2) is 10.9 Å². The van der Waals surface area contributed by atoms with Gasteiger partial charge in [0, 0.05) is 17.3 Å². The van der Waals surface area contributed by atoms with Crippen LogP contribution in [0.15, 0.2) is 61.3 Å². The van der Waals surface area contributed by atoms with Gasteiger partial charge in [0.15, 0.2) is 0 Å². The van der Waals surface area contributed by atoms with E-state index >= 15 is 0 Å². The van der Waals surface area contributed by atoms with Gasteiger partial charge in [0.05, 0.1) is 4.88 Å². The average molecular weight is 459 g/mol. The molecule has 1 fully saturated rings. The van der Waals surface area contributed by atoms with Gasteiger partial charge >= 0.3 is 0 Å². The molecular weight excluding hydrogens is 424 g/mol. The second kappa shape index (κ2) is 10.0. The van der Waals surface area contributed by atoms with Crippen molar-refractivity contribution in [1.29, 1.82) is 0 Å². The number of hydrogen-bond acceptors (Lipinski definition) is 3. The van der Waals surface area contributed by atoms with Crippen LogP contribution in [0, 0.1) is 5.92 Å². The van der Waals surface area contributed by atoms with Gasteiger partial charge in [0.2, 0.25) is 5.91 Å².